The van der Waals surface area contributed by atoms with Crippen LogP contribution in [0.25, 0.3) is 0 Å². The molecule has 15 heavy (non-hydrogen) atoms. The number of hydrogen-bond acceptors (Lipinski definition) is 2. The molecule has 0 radical (unpaired) electrons. The first-order valence-corrected chi connectivity index (χ1v) is 5.43. The van der Waals surface area contributed by atoms with E-state index in [2.05, 4.69) is 0 Å². The highest BCUT2D eigenvalue weighted by molar-refractivity contribution is 6.49. The number of carbonyl (C=O) groups excluding carboxylic acids is 2. The Labute approximate surface area is 101 Å². The Balaban J connectivity index is 2.64. The molecule has 0 amide bonds. The van der Waals surface area contributed by atoms with Crippen LogP contribution in [0.2, 0.25) is 5.02 Å². The molecule has 1 aliphatic carbocycles. The van der Waals surface area contributed by atoms with Crippen LogP contribution < -0.4 is 0 Å². The second-order valence-corrected chi connectivity index (χ2v) is 4.60. The maximum atomic E-state index is 11.7. The summed E-state index contributed by atoms with van der Waals surface area (Å²) in [6.07, 6.45) is 0. The lowest BCUT2D eigenvalue weighted by molar-refractivity contribution is 0.0899. The molecule has 78 valence electrons. The third-order valence-electron chi connectivity index (χ3n) is 2.27. The molecular formula is C10H5Cl3O2. The predicted octanol–water partition coefficient (Wildman–Crippen LogP) is 2.93. The van der Waals surface area contributed by atoms with E-state index < -0.39 is 10.8 Å². The molecule has 1 aromatic rings. The van der Waals surface area contributed by atoms with Crippen LogP contribution in [0, 0.1) is 0 Å². The highest BCUT2D eigenvalue weighted by atomic mass is 35.5. The van der Waals surface area contributed by atoms with Gasteiger partial charge < -0.3 is 0 Å². The molecule has 1 aliphatic rings. The zero-order chi connectivity index (χ0) is 11.2. The first kappa shape index (κ1) is 10.9. The van der Waals surface area contributed by atoms with Gasteiger partial charge in [-0.3, -0.25) is 9.59 Å². The lowest BCUT2D eigenvalue weighted by atomic mass is 9.89. The topological polar surface area (TPSA) is 34.1 Å². The van der Waals surface area contributed by atoms with E-state index >= 15 is 0 Å². The van der Waals surface area contributed by atoms with Crippen LogP contribution in [-0.2, 0) is 0 Å². The number of halogens is 3. The fourth-order valence-electron chi connectivity index (χ4n) is 1.50. The van der Waals surface area contributed by atoms with E-state index in [1.807, 2.05) is 0 Å². The fraction of sp³-hybridized carbons (Fsp3) is 0.200. The molecule has 2 unspecified atom stereocenters. The Bertz CT molecular complexity index is 456. The number of alkyl halides is 2. The van der Waals surface area contributed by atoms with Crippen molar-refractivity contribution in [2.75, 3.05) is 0 Å². The van der Waals surface area contributed by atoms with Crippen LogP contribution in [0.15, 0.2) is 18.2 Å². The largest absolute Gasteiger partial charge is 0.292 e. The molecule has 0 fully saturated rings. The quantitative estimate of drug-likeness (QED) is 0.675. The number of rotatable bonds is 0. The molecule has 0 spiro atoms. The van der Waals surface area contributed by atoms with Gasteiger partial charge in [-0.05, 0) is 18.2 Å². The lowest BCUT2D eigenvalue weighted by Crippen LogP contribution is -2.38. The third kappa shape index (κ3) is 1.67. The minimum absolute atomic E-state index is 0.254. The van der Waals surface area contributed by atoms with E-state index in [0.29, 0.717) is 10.6 Å². The highest BCUT2D eigenvalue weighted by Crippen LogP contribution is 2.29. The average molecular weight is 264 g/mol. The van der Waals surface area contributed by atoms with Crippen molar-refractivity contribution in [2.45, 2.75) is 10.8 Å². The van der Waals surface area contributed by atoms with Crippen molar-refractivity contribution in [3.05, 3.63) is 34.3 Å². The molecule has 0 aliphatic heterocycles. The summed E-state index contributed by atoms with van der Waals surface area (Å²) in [5.41, 5.74) is 0.547. The summed E-state index contributed by atoms with van der Waals surface area (Å²) >= 11 is 17.2. The molecule has 0 saturated carbocycles. The van der Waals surface area contributed by atoms with Crippen molar-refractivity contribution in [3.8, 4) is 0 Å². The van der Waals surface area contributed by atoms with Crippen LogP contribution in [0.5, 0.6) is 0 Å². The van der Waals surface area contributed by atoms with Gasteiger partial charge in [0, 0.05) is 16.1 Å². The monoisotopic (exact) mass is 262 g/mol. The first-order valence-electron chi connectivity index (χ1n) is 4.18. The summed E-state index contributed by atoms with van der Waals surface area (Å²) in [6, 6.07) is 4.48. The van der Waals surface area contributed by atoms with Crippen LogP contribution in [-0.4, -0.2) is 22.3 Å². The second kappa shape index (κ2) is 3.78. The van der Waals surface area contributed by atoms with Crippen LogP contribution in [0.3, 0.4) is 0 Å². The normalized spacial score (nSPS) is 25.3. The van der Waals surface area contributed by atoms with Crippen molar-refractivity contribution < 1.29 is 9.59 Å². The summed E-state index contributed by atoms with van der Waals surface area (Å²) in [7, 11) is 0. The van der Waals surface area contributed by atoms with Gasteiger partial charge in [-0.1, -0.05) is 11.6 Å². The standard InChI is InChI=1S/C10H5Cl3O2/c11-4-1-2-5-6(3-4)10(15)8(13)7(12)9(5)14/h1-3,7-8H. The second-order valence-electron chi connectivity index (χ2n) is 3.22. The summed E-state index contributed by atoms with van der Waals surface area (Å²) in [6.45, 7) is 0. The molecule has 5 heteroatoms. The number of hydrogen-bond donors (Lipinski definition) is 0. The fourth-order valence-corrected chi connectivity index (χ4v) is 2.13. The number of benzene rings is 1. The zero-order valence-electron chi connectivity index (χ0n) is 7.34. The van der Waals surface area contributed by atoms with Gasteiger partial charge in [0.05, 0.1) is 0 Å². The van der Waals surface area contributed by atoms with Gasteiger partial charge in [0.15, 0.2) is 11.6 Å². The van der Waals surface area contributed by atoms with Gasteiger partial charge >= 0.3 is 0 Å². The summed E-state index contributed by atoms with van der Waals surface area (Å²) in [5.74, 6) is -0.684. The minimum atomic E-state index is -1.01. The first-order chi connectivity index (χ1) is 7.02. The molecule has 0 heterocycles. The molecule has 0 saturated heterocycles. The Morgan fingerprint density at radius 1 is 0.933 bits per heavy atom. The maximum Gasteiger partial charge on any atom is 0.183 e. The average Bonchev–Trinajstić information content (AvgIpc) is 2.23. The molecule has 0 aromatic heterocycles. The van der Waals surface area contributed by atoms with Gasteiger partial charge in [-0.15, -0.1) is 23.2 Å². The van der Waals surface area contributed by atoms with E-state index in [9.17, 15) is 9.59 Å². The number of ketones is 2. The Morgan fingerprint density at radius 2 is 1.47 bits per heavy atom. The molecule has 0 N–H and O–H groups in total. The lowest BCUT2D eigenvalue weighted by Gasteiger charge is -2.22. The van der Waals surface area contributed by atoms with Crippen molar-refractivity contribution in [3.63, 3.8) is 0 Å². The zero-order valence-corrected chi connectivity index (χ0v) is 9.60. The van der Waals surface area contributed by atoms with Crippen molar-refractivity contribution in [2.24, 2.45) is 0 Å². The van der Waals surface area contributed by atoms with Crippen LogP contribution >= 0.6 is 34.8 Å². The highest BCUT2D eigenvalue weighted by Gasteiger charge is 2.39. The van der Waals surface area contributed by atoms with Crippen LogP contribution in [0.1, 0.15) is 20.7 Å². The van der Waals surface area contributed by atoms with Gasteiger partial charge in [0.25, 0.3) is 0 Å². The summed E-state index contributed by atoms with van der Waals surface area (Å²) in [4.78, 5) is 23.4. The van der Waals surface area contributed by atoms with E-state index in [1.54, 1.807) is 6.07 Å². The third-order valence-corrected chi connectivity index (χ3v) is 3.53. The number of fused-ring (bicyclic) bond motifs is 1. The van der Waals surface area contributed by atoms with E-state index in [4.69, 9.17) is 34.8 Å². The molecular weight excluding hydrogens is 258 g/mol. The minimum Gasteiger partial charge on any atom is -0.292 e. The van der Waals surface area contributed by atoms with Crippen molar-refractivity contribution in [1.29, 1.82) is 0 Å². The van der Waals surface area contributed by atoms with Gasteiger partial charge in [-0.25, -0.2) is 0 Å². The molecule has 0 bridgehead atoms. The van der Waals surface area contributed by atoms with Crippen molar-refractivity contribution >= 4 is 46.4 Å². The Kier molecular flexibility index (Phi) is 2.75. The van der Waals surface area contributed by atoms with Crippen molar-refractivity contribution in [1.82, 2.24) is 0 Å². The SMILES string of the molecule is O=C1c2ccc(Cl)cc2C(=O)C(Cl)C1Cl. The van der Waals surface area contributed by atoms with E-state index in [1.165, 1.54) is 12.1 Å². The van der Waals surface area contributed by atoms with E-state index in [0.717, 1.165) is 0 Å². The van der Waals surface area contributed by atoms with Gasteiger partial charge in [-0.2, -0.15) is 0 Å². The van der Waals surface area contributed by atoms with Crippen LogP contribution in [0.4, 0.5) is 0 Å². The Hall–Kier alpha value is -0.570. The van der Waals surface area contributed by atoms with Gasteiger partial charge in [0.1, 0.15) is 10.8 Å². The Morgan fingerprint density at radius 3 is 2.07 bits per heavy atom. The maximum absolute atomic E-state index is 11.7. The summed E-state index contributed by atoms with van der Waals surface area (Å²) < 4.78 is 0. The number of Topliss-reactive ketones (excluding diaryl/α,β-unsaturated/α-hetero) is 2. The molecule has 2 atom stereocenters. The smallest absolute Gasteiger partial charge is 0.183 e. The number of carbonyl (C=O) groups is 2. The molecule has 2 nitrogen and oxygen atoms in total. The van der Waals surface area contributed by atoms with E-state index in [-0.39, 0.29) is 17.1 Å². The molecule has 2 rings (SSSR count). The molecule has 1 aromatic carbocycles. The van der Waals surface area contributed by atoms with Gasteiger partial charge in [0.2, 0.25) is 0 Å². The predicted molar refractivity (Wildman–Crippen MR) is 59.4 cm³/mol. The summed E-state index contributed by atoms with van der Waals surface area (Å²) in [5, 5.41) is -1.61.